The van der Waals surface area contributed by atoms with Gasteiger partial charge in [0.05, 0.1) is 13.2 Å². The molecule has 19 heavy (non-hydrogen) atoms. The first-order chi connectivity index (χ1) is 9.10. The Labute approximate surface area is 115 Å². The molecular formula is C13H16FO3PS. The normalized spacial score (nSPS) is 13.8. The Hall–Kier alpha value is -0.740. The second-order valence-electron chi connectivity index (χ2n) is 3.93. The Bertz CT molecular complexity index is 588. The number of rotatable bonds is 6. The summed E-state index contributed by atoms with van der Waals surface area (Å²) < 4.78 is 38.0. The molecule has 2 aromatic rings. The molecule has 0 aliphatic carbocycles. The second kappa shape index (κ2) is 6.14. The summed E-state index contributed by atoms with van der Waals surface area (Å²) in [6.07, 6.45) is 0. The number of hydrogen-bond acceptors (Lipinski definition) is 4. The molecule has 0 N–H and O–H groups in total. The smallest absolute Gasteiger partial charge is 0.307 e. The molecule has 0 aliphatic heterocycles. The maximum absolute atomic E-state index is 14.5. The minimum atomic E-state index is -3.75. The van der Waals surface area contributed by atoms with E-state index in [2.05, 4.69) is 0 Å². The number of halogens is 1. The van der Waals surface area contributed by atoms with Crippen LogP contribution in [0.5, 0.6) is 0 Å². The quantitative estimate of drug-likeness (QED) is 0.693. The topological polar surface area (TPSA) is 35.5 Å². The van der Waals surface area contributed by atoms with Crippen molar-refractivity contribution in [2.24, 2.45) is 0 Å². The summed E-state index contributed by atoms with van der Waals surface area (Å²) in [6, 6.07) is 7.06. The molecule has 0 unspecified atom stereocenters. The largest absolute Gasteiger partial charge is 0.369 e. The first-order valence-corrected chi connectivity index (χ1v) is 8.60. The average molecular weight is 302 g/mol. The maximum Gasteiger partial charge on any atom is 0.369 e. The van der Waals surface area contributed by atoms with Gasteiger partial charge in [-0.2, -0.15) is 0 Å². The molecule has 2 rings (SSSR count). The van der Waals surface area contributed by atoms with Crippen LogP contribution in [0.15, 0.2) is 29.6 Å². The van der Waals surface area contributed by atoms with Gasteiger partial charge >= 0.3 is 7.60 Å². The van der Waals surface area contributed by atoms with Crippen LogP contribution in [0.3, 0.4) is 0 Å². The van der Waals surface area contributed by atoms with Crippen LogP contribution in [-0.4, -0.2) is 13.2 Å². The van der Waals surface area contributed by atoms with E-state index in [9.17, 15) is 8.96 Å². The molecule has 6 heteroatoms. The molecule has 0 amide bonds. The molecule has 1 aromatic carbocycles. The van der Waals surface area contributed by atoms with E-state index in [4.69, 9.17) is 9.05 Å². The van der Waals surface area contributed by atoms with Gasteiger partial charge in [0.1, 0.15) is 0 Å². The van der Waals surface area contributed by atoms with E-state index in [0.29, 0.717) is 5.56 Å². The Morgan fingerprint density at radius 3 is 2.58 bits per heavy atom. The fourth-order valence-corrected chi connectivity index (χ4v) is 4.20. The van der Waals surface area contributed by atoms with Gasteiger partial charge in [0.25, 0.3) is 0 Å². The van der Waals surface area contributed by atoms with Gasteiger partial charge in [0.2, 0.25) is 5.91 Å². The van der Waals surface area contributed by atoms with Crippen LogP contribution < -0.4 is 0 Å². The predicted octanol–water partition coefficient (Wildman–Crippen LogP) is 5.14. The molecule has 0 aliphatic rings. The highest BCUT2D eigenvalue weighted by molar-refractivity contribution is 7.54. The van der Waals surface area contributed by atoms with Crippen molar-refractivity contribution in [3.05, 3.63) is 35.2 Å². The van der Waals surface area contributed by atoms with Crippen molar-refractivity contribution in [3.63, 3.8) is 0 Å². The van der Waals surface area contributed by atoms with Gasteiger partial charge in [-0.25, -0.2) is 4.39 Å². The lowest BCUT2D eigenvalue weighted by atomic mass is 10.2. The van der Waals surface area contributed by atoms with Crippen molar-refractivity contribution in [2.75, 3.05) is 13.2 Å². The summed E-state index contributed by atoms with van der Waals surface area (Å²) >= 11 is 1.58. The number of thiophene rings is 1. The highest BCUT2D eigenvalue weighted by atomic mass is 32.1. The zero-order valence-electron chi connectivity index (χ0n) is 10.8. The molecule has 0 fully saturated rings. The Morgan fingerprint density at radius 2 is 1.95 bits per heavy atom. The van der Waals surface area contributed by atoms with Crippen molar-refractivity contribution >= 4 is 29.0 Å². The van der Waals surface area contributed by atoms with Crippen LogP contribution in [0.4, 0.5) is 4.39 Å². The summed E-state index contributed by atoms with van der Waals surface area (Å²) in [5.74, 6) is -1.75. The molecule has 0 spiro atoms. The molecule has 0 saturated carbocycles. The third-order valence-electron chi connectivity index (χ3n) is 2.65. The number of benzene rings is 1. The Morgan fingerprint density at radius 1 is 1.26 bits per heavy atom. The molecule has 104 valence electrons. The fraction of sp³-hybridized carbons (Fsp3) is 0.385. The van der Waals surface area contributed by atoms with Crippen LogP contribution in [0.25, 0.3) is 10.1 Å². The third-order valence-corrected chi connectivity index (χ3v) is 5.63. The fourth-order valence-electron chi connectivity index (χ4n) is 1.84. The zero-order valence-corrected chi connectivity index (χ0v) is 12.5. The van der Waals surface area contributed by atoms with Crippen LogP contribution in [0, 0.1) is 0 Å². The summed E-state index contributed by atoms with van der Waals surface area (Å²) in [5.41, 5.74) is 0.330. The van der Waals surface area contributed by atoms with E-state index in [1.54, 1.807) is 37.3 Å². The zero-order chi connectivity index (χ0) is 13.9. The van der Waals surface area contributed by atoms with Crippen LogP contribution in [0.1, 0.15) is 25.3 Å². The molecular weight excluding hydrogens is 286 g/mol. The van der Waals surface area contributed by atoms with Gasteiger partial charge < -0.3 is 9.05 Å². The maximum atomic E-state index is 14.5. The first-order valence-electron chi connectivity index (χ1n) is 6.10. The SMILES string of the molecule is CCOP(=O)(OCC)[C@H](F)c1ccc2sccc2c1. The van der Waals surface area contributed by atoms with Gasteiger partial charge in [-0.1, -0.05) is 6.07 Å². The van der Waals surface area contributed by atoms with Crippen molar-refractivity contribution in [2.45, 2.75) is 19.8 Å². The number of alkyl halides is 1. The second-order valence-corrected chi connectivity index (χ2v) is 6.93. The van der Waals surface area contributed by atoms with Gasteiger partial charge in [0.15, 0.2) is 0 Å². The first kappa shape index (κ1) is 14.7. The van der Waals surface area contributed by atoms with E-state index in [1.165, 1.54) is 0 Å². The molecule has 0 bridgehead atoms. The highest BCUT2D eigenvalue weighted by Gasteiger charge is 2.37. The summed E-state index contributed by atoms with van der Waals surface area (Å²) in [4.78, 5) is 0. The van der Waals surface area contributed by atoms with Gasteiger partial charge in [0, 0.05) is 4.70 Å². The molecule has 3 nitrogen and oxygen atoms in total. The van der Waals surface area contributed by atoms with E-state index >= 15 is 0 Å². The molecule has 1 aromatic heterocycles. The lowest BCUT2D eigenvalue weighted by Gasteiger charge is -2.20. The van der Waals surface area contributed by atoms with Crippen molar-refractivity contribution < 1.29 is 18.0 Å². The Balaban J connectivity index is 2.34. The molecule has 0 radical (unpaired) electrons. The third kappa shape index (κ3) is 3.06. The van der Waals surface area contributed by atoms with Gasteiger partial charge in [-0.3, -0.25) is 4.57 Å². The van der Waals surface area contributed by atoms with Crippen LogP contribution >= 0.6 is 18.9 Å². The van der Waals surface area contributed by atoms with Crippen LogP contribution in [-0.2, 0) is 13.6 Å². The van der Waals surface area contributed by atoms with Gasteiger partial charge in [-0.15, -0.1) is 11.3 Å². The van der Waals surface area contributed by atoms with E-state index < -0.39 is 13.5 Å². The lowest BCUT2D eigenvalue weighted by molar-refractivity contribution is 0.190. The molecule has 1 atom stereocenters. The summed E-state index contributed by atoms with van der Waals surface area (Å²) in [7, 11) is -3.75. The highest BCUT2D eigenvalue weighted by Crippen LogP contribution is 2.61. The minimum Gasteiger partial charge on any atom is -0.307 e. The standard InChI is InChI=1S/C13H16FO3PS/c1-3-16-18(15,17-4-2)13(14)11-5-6-12-10(9-11)7-8-19-12/h5-9,13H,3-4H2,1-2H3/t13-/m0/s1. The minimum absolute atomic E-state index is 0.151. The molecule has 1 heterocycles. The van der Waals surface area contributed by atoms with Gasteiger partial charge in [-0.05, 0) is 48.4 Å². The van der Waals surface area contributed by atoms with Crippen molar-refractivity contribution in [3.8, 4) is 0 Å². The Kier molecular flexibility index (Phi) is 4.74. The van der Waals surface area contributed by atoms with E-state index in [1.807, 2.05) is 17.5 Å². The summed E-state index contributed by atoms with van der Waals surface area (Å²) in [6.45, 7) is 3.64. The van der Waals surface area contributed by atoms with E-state index in [0.717, 1.165) is 10.1 Å². The average Bonchev–Trinajstić information content (AvgIpc) is 2.85. The monoisotopic (exact) mass is 302 g/mol. The predicted molar refractivity (Wildman–Crippen MR) is 76.5 cm³/mol. The van der Waals surface area contributed by atoms with Crippen LogP contribution in [0.2, 0.25) is 0 Å². The lowest BCUT2D eigenvalue weighted by Crippen LogP contribution is -2.02. The molecule has 0 saturated heterocycles. The summed E-state index contributed by atoms with van der Waals surface area (Å²) in [5, 5.41) is 2.87. The number of fused-ring (bicyclic) bond motifs is 1. The van der Waals surface area contributed by atoms with Crippen molar-refractivity contribution in [1.29, 1.82) is 0 Å². The van der Waals surface area contributed by atoms with Crippen molar-refractivity contribution in [1.82, 2.24) is 0 Å². The van der Waals surface area contributed by atoms with E-state index in [-0.39, 0.29) is 13.2 Å². The number of hydrogen-bond donors (Lipinski definition) is 0.